The van der Waals surface area contributed by atoms with Gasteiger partial charge in [-0.2, -0.15) is 31.2 Å². The molecule has 28 heavy (non-hydrogen) atoms. The molecule has 1 heterocycles. The smallest absolute Gasteiger partial charge is 0.204 e. The molecule has 2 aromatic carbocycles. The lowest BCUT2D eigenvalue weighted by Crippen LogP contribution is -2.25. The zero-order valence-corrected chi connectivity index (χ0v) is 14.3. The molecule has 0 unspecified atom stereocenters. The Kier molecular flexibility index (Phi) is 4.83. The SMILES string of the molecule is O=S(=O)(Nn1nc(C(F)(F)F)cc1-c1ccc(F)c(F)c1F)c1ccccc1. The summed E-state index contributed by atoms with van der Waals surface area (Å²) in [4.78, 5) is 1.58. The van der Waals surface area contributed by atoms with Crippen molar-refractivity contribution in [3.05, 3.63) is 71.7 Å². The Morgan fingerprint density at radius 1 is 0.929 bits per heavy atom. The van der Waals surface area contributed by atoms with Gasteiger partial charge in [0.15, 0.2) is 23.1 Å². The van der Waals surface area contributed by atoms with Crippen LogP contribution in [0.25, 0.3) is 11.3 Å². The third-order valence-corrected chi connectivity index (χ3v) is 4.88. The fourth-order valence-corrected chi connectivity index (χ4v) is 3.26. The van der Waals surface area contributed by atoms with Crippen LogP contribution in [-0.4, -0.2) is 18.3 Å². The lowest BCUT2D eigenvalue weighted by atomic mass is 10.1. The van der Waals surface area contributed by atoms with Crippen molar-refractivity contribution >= 4 is 10.0 Å². The molecule has 0 spiro atoms. The molecular weight excluding hydrogens is 412 g/mol. The molecule has 3 rings (SSSR count). The van der Waals surface area contributed by atoms with Crippen LogP contribution >= 0.6 is 0 Å². The van der Waals surface area contributed by atoms with E-state index in [1.54, 1.807) is 4.83 Å². The van der Waals surface area contributed by atoms with E-state index >= 15 is 0 Å². The van der Waals surface area contributed by atoms with E-state index in [1.807, 2.05) is 0 Å². The minimum Gasteiger partial charge on any atom is -0.204 e. The molecule has 0 aliphatic rings. The van der Waals surface area contributed by atoms with Gasteiger partial charge in [0.25, 0.3) is 10.0 Å². The predicted molar refractivity (Wildman–Crippen MR) is 85.5 cm³/mol. The molecule has 0 aliphatic carbocycles. The van der Waals surface area contributed by atoms with Gasteiger partial charge in [0.2, 0.25) is 0 Å². The van der Waals surface area contributed by atoms with E-state index < -0.39 is 50.6 Å². The number of alkyl halides is 3. The van der Waals surface area contributed by atoms with E-state index in [1.165, 1.54) is 18.2 Å². The summed E-state index contributed by atoms with van der Waals surface area (Å²) in [5.74, 6) is -5.29. The van der Waals surface area contributed by atoms with Crippen molar-refractivity contribution < 1.29 is 34.8 Å². The molecule has 1 N–H and O–H groups in total. The molecule has 0 fully saturated rings. The Bertz CT molecular complexity index is 1130. The number of hydrogen-bond donors (Lipinski definition) is 1. The molecule has 0 amide bonds. The van der Waals surface area contributed by atoms with Crippen LogP contribution < -0.4 is 4.83 Å². The summed E-state index contributed by atoms with van der Waals surface area (Å²) < 4.78 is 105. The maximum atomic E-state index is 14.1. The van der Waals surface area contributed by atoms with E-state index in [0.717, 1.165) is 12.1 Å². The third-order valence-electron chi connectivity index (χ3n) is 3.57. The van der Waals surface area contributed by atoms with Gasteiger partial charge in [-0.15, -0.1) is 5.10 Å². The van der Waals surface area contributed by atoms with Crippen molar-refractivity contribution in [2.24, 2.45) is 0 Å². The highest BCUT2D eigenvalue weighted by atomic mass is 32.2. The quantitative estimate of drug-likeness (QED) is 0.513. The van der Waals surface area contributed by atoms with Crippen molar-refractivity contribution in [3.8, 4) is 11.3 Å². The average molecular weight is 421 g/mol. The largest absolute Gasteiger partial charge is 0.435 e. The van der Waals surface area contributed by atoms with Crippen LogP contribution in [0, 0.1) is 17.5 Å². The van der Waals surface area contributed by atoms with Gasteiger partial charge in [-0.25, -0.2) is 13.2 Å². The van der Waals surface area contributed by atoms with E-state index in [0.29, 0.717) is 18.2 Å². The number of benzene rings is 2. The summed E-state index contributed by atoms with van der Waals surface area (Å²) in [6.45, 7) is 0. The summed E-state index contributed by atoms with van der Waals surface area (Å²) in [7, 11) is -4.41. The summed E-state index contributed by atoms with van der Waals surface area (Å²) >= 11 is 0. The second-order valence-corrected chi connectivity index (χ2v) is 7.12. The fourth-order valence-electron chi connectivity index (χ4n) is 2.27. The van der Waals surface area contributed by atoms with Crippen molar-refractivity contribution in [1.82, 2.24) is 9.89 Å². The first-order chi connectivity index (χ1) is 13.0. The molecule has 3 aromatic rings. The van der Waals surface area contributed by atoms with Crippen LogP contribution in [0.4, 0.5) is 26.3 Å². The standard InChI is InChI=1S/C16H9F6N3O2S/c17-11-7-6-10(14(18)15(11)19)12-8-13(16(20,21)22)23-25(12)24-28(26,27)9-4-2-1-3-5-9/h1-8,24H. The number of hydrogen-bond acceptors (Lipinski definition) is 3. The van der Waals surface area contributed by atoms with E-state index in [2.05, 4.69) is 5.10 Å². The first-order valence-electron chi connectivity index (χ1n) is 7.40. The van der Waals surface area contributed by atoms with Crippen molar-refractivity contribution in [2.45, 2.75) is 11.1 Å². The molecule has 0 aliphatic heterocycles. The van der Waals surface area contributed by atoms with Crippen molar-refractivity contribution in [3.63, 3.8) is 0 Å². The molecule has 1 aromatic heterocycles. The number of nitrogens with zero attached hydrogens (tertiary/aromatic N) is 2. The number of rotatable bonds is 4. The highest BCUT2D eigenvalue weighted by Crippen LogP contribution is 2.33. The van der Waals surface area contributed by atoms with Gasteiger partial charge in [0, 0.05) is 5.56 Å². The zero-order valence-electron chi connectivity index (χ0n) is 13.5. The zero-order chi connectivity index (χ0) is 20.7. The van der Waals surface area contributed by atoms with Crippen molar-refractivity contribution in [1.29, 1.82) is 0 Å². The Morgan fingerprint density at radius 3 is 2.18 bits per heavy atom. The van der Waals surface area contributed by atoms with Crippen LogP contribution in [0.1, 0.15) is 5.69 Å². The maximum absolute atomic E-state index is 14.1. The molecule has 12 heteroatoms. The highest BCUT2D eigenvalue weighted by molar-refractivity contribution is 7.92. The van der Waals surface area contributed by atoms with E-state index in [4.69, 9.17) is 0 Å². The molecular formula is C16H9F6N3O2S. The van der Waals surface area contributed by atoms with Gasteiger partial charge in [-0.05, 0) is 30.3 Å². The lowest BCUT2D eigenvalue weighted by Gasteiger charge is -2.12. The minimum atomic E-state index is -5.01. The first-order valence-corrected chi connectivity index (χ1v) is 8.88. The third kappa shape index (κ3) is 3.67. The van der Waals surface area contributed by atoms with Crippen LogP contribution in [-0.2, 0) is 16.2 Å². The second kappa shape index (κ2) is 6.86. The second-order valence-electron chi connectivity index (χ2n) is 5.46. The number of aromatic nitrogens is 2. The Labute approximate surface area is 154 Å². The minimum absolute atomic E-state index is 0.140. The molecule has 0 saturated carbocycles. The van der Waals surface area contributed by atoms with Crippen LogP contribution in [0.5, 0.6) is 0 Å². The monoisotopic (exact) mass is 421 g/mol. The highest BCUT2D eigenvalue weighted by Gasteiger charge is 2.36. The fraction of sp³-hybridized carbons (Fsp3) is 0.0625. The normalized spacial score (nSPS) is 12.2. The summed E-state index contributed by atoms with van der Waals surface area (Å²) in [5, 5.41) is 3.08. The van der Waals surface area contributed by atoms with E-state index in [-0.39, 0.29) is 9.69 Å². The molecule has 5 nitrogen and oxygen atoms in total. The summed E-state index contributed by atoms with van der Waals surface area (Å²) in [6.07, 6.45) is -5.01. The van der Waals surface area contributed by atoms with Crippen LogP contribution in [0.3, 0.4) is 0 Å². The maximum Gasteiger partial charge on any atom is 0.435 e. The number of halogens is 6. The average Bonchev–Trinajstić information content (AvgIpc) is 3.04. The molecule has 0 atom stereocenters. The van der Waals surface area contributed by atoms with Crippen molar-refractivity contribution in [2.75, 3.05) is 4.83 Å². The van der Waals surface area contributed by atoms with Gasteiger partial charge in [-0.1, -0.05) is 18.2 Å². The van der Waals surface area contributed by atoms with Gasteiger partial charge >= 0.3 is 6.18 Å². The first kappa shape index (κ1) is 19.7. The van der Waals surface area contributed by atoms with Crippen LogP contribution in [0.15, 0.2) is 53.4 Å². The molecule has 0 saturated heterocycles. The van der Waals surface area contributed by atoms with Gasteiger partial charge in [-0.3, -0.25) is 0 Å². The molecule has 0 bridgehead atoms. The van der Waals surface area contributed by atoms with Crippen LogP contribution in [0.2, 0.25) is 0 Å². The number of nitrogens with one attached hydrogen (secondary N) is 1. The van der Waals surface area contributed by atoms with Gasteiger partial charge in [0.05, 0.1) is 10.6 Å². The Balaban J connectivity index is 2.16. The molecule has 0 radical (unpaired) electrons. The number of sulfonamides is 1. The van der Waals surface area contributed by atoms with E-state index in [9.17, 15) is 34.8 Å². The summed E-state index contributed by atoms with van der Waals surface area (Å²) in [5.41, 5.74) is -3.16. The predicted octanol–water partition coefficient (Wildman–Crippen LogP) is 3.92. The topological polar surface area (TPSA) is 64.0 Å². The Hall–Kier alpha value is -3.02. The lowest BCUT2D eigenvalue weighted by molar-refractivity contribution is -0.141. The van der Waals surface area contributed by atoms with Gasteiger partial charge < -0.3 is 0 Å². The summed E-state index contributed by atoms with van der Waals surface area (Å²) in [6, 6.07) is 8.04. The molecule has 148 valence electrons. The Morgan fingerprint density at radius 2 is 1.57 bits per heavy atom. The van der Waals surface area contributed by atoms with Gasteiger partial charge in [0.1, 0.15) is 0 Å².